The van der Waals surface area contributed by atoms with Gasteiger partial charge in [0.1, 0.15) is 11.6 Å². The number of fused-ring (bicyclic) bond motifs is 1. The number of hydrogen-bond acceptors (Lipinski definition) is 9. The summed E-state index contributed by atoms with van der Waals surface area (Å²) in [7, 11) is 2.35. The van der Waals surface area contributed by atoms with Gasteiger partial charge in [0, 0.05) is 5.69 Å². The molecule has 1 aromatic carbocycles. The molecular weight excluding hydrogens is 428 g/mol. The van der Waals surface area contributed by atoms with Crippen molar-refractivity contribution in [1.29, 1.82) is 0 Å². The first-order valence-electron chi connectivity index (χ1n) is 9.11. The van der Waals surface area contributed by atoms with Crippen molar-refractivity contribution in [2.24, 2.45) is 0 Å². The van der Waals surface area contributed by atoms with E-state index in [0.29, 0.717) is 0 Å². The van der Waals surface area contributed by atoms with Crippen LogP contribution in [0.25, 0.3) is 0 Å². The van der Waals surface area contributed by atoms with E-state index in [1.807, 2.05) is 0 Å². The lowest BCUT2D eigenvalue weighted by Gasteiger charge is -2.45. The number of ether oxygens (including phenoxy) is 2. The highest BCUT2D eigenvalue weighted by Gasteiger charge is 2.56. The SMILES string of the molecule is COC(=O)c1cc(NC(=O)C2CC(=O)N3C(=S)NC(=O)C(C)(C)N23)cc(C(=O)OC)c1. The molecule has 0 aromatic heterocycles. The molecule has 11 nitrogen and oxygen atoms in total. The van der Waals surface area contributed by atoms with Gasteiger partial charge in [-0.25, -0.2) is 14.6 Å². The van der Waals surface area contributed by atoms with Gasteiger partial charge in [-0.3, -0.25) is 19.7 Å². The molecule has 0 bridgehead atoms. The molecule has 2 aliphatic heterocycles. The van der Waals surface area contributed by atoms with E-state index in [1.165, 1.54) is 37.4 Å². The number of hydrogen-bond donors (Lipinski definition) is 2. The Balaban J connectivity index is 1.94. The van der Waals surface area contributed by atoms with Gasteiger partial charge in [-0.1, -0.05) is 0 Å². The van der Waals surface area contributed by atoms with E-state index in [9.17, 15) is 24.0 Å². The maximum Gasteiger partial charge on any atom is 0.337 e. The number of nitrogens with one attached hydrogen (secondary N) is 2. The lowest BCUT2D eigenvalue weighted by atomic mass is 10.00. The molecule has 0 spiro atoms. The summed E-state index contributed by atoms with van der Waals surface area (Å²) in [5, 5.41) is 7.38. The molecule has 1 atom stereocenters. The number of carbonyl (C=O) groups is 5. The Hall–Kier alpha value is -3.38. The van der Waals surface area contributed by atoms with Crippen LogP contribution < -0.4 is 10.6 Å². The van der Waals surface area contributed by atoms with Gasteiger partial charge in [-0.15, -0.1) is 0 Å². The molecule has 12 heteroatoms. The van der Waals surface area contributed by atoms with Gasteiger partial charge < -0.3 is 14.8 Å². The van der Waals surface area contributed by atoms with Gasteiger partial charge in [-0.05, 0) is 44.3 Å². The third-order valence-electron chi connectivity index (χ3n) is 5.00. The van der Waals surface area contributed by atoms with Crippen LogP contribution in [-0.2, 0) is 23.9 Å². The summed E-state index contributed by atoms with van der Waals surface area (Å²) in [5.74, 6) is -2.97. The zero-order chi connectivity index (χ0) is 23.1. The predicted octanol–water partition coefficient (Wildman–Crippen LogP) is 0.210. The van der Waals surface area contributed by atoms with Crippen molar-refractivity contribution in [1.82, 2.24) is 15.3 Å². The third-order valence-corrected chi connectivity index (χ3v) is 5.28. The van der Waals surface area contributed by atoms with Crippen molar-refractivity contribution in [3.05, 3.63) is 29.3 Å². The average Bonchev–Trinajstić information content (AvgIpc) is 3.09. The second kappa shape index (κ2) is 8.04. The van der Waals surface area contributed by atoms with Crippen LogP contribution in [0.4, 0.5) is 5.69 Å². The van der Waals surface area contributed by atoms with Crippen LogP contribution >= 0.6 is 12.2 Å². The number of benzene rings is 1. The zero-order valence-electron chi connectivity index (χ0n) is 17.2. The van der Waals surface area contributed by atoms with Crippen molar-refractivity contribution < 1.29 is 33.4 Å². The number of thiocarbonyl (C=S) groups is 1. The summed E-state index contributed by atoms with van der Waals surface area (Å²) < 4.78 is 9.36. The lowest BCUT2D eigenvalue weighted by molar-refractivity contribution is -0.154. The number of nitrogens with zero attached hydrogens (tertiary/aromatic N) is 2. The van der Waals surface area contributed by atoms with E-state index >= 15 is 0 Å². The highest BCUT2D eigenvalue weighted by molar-refractivity contribution is 7.80. The number of anilines is 1. The van der Waals surface area contributed by atoms with E-state index in [1.54, 1.807) is 13.8 Å². The van der Waals surface area contributed by atoms with E-state index in [2.05, 4.69) is 20.1 Å². The number of methoxy groups -OCH3 is 2. The highest BCUT2D eigenvalue weighted by Crippen LogP contribution is 2.33. The first kappa shape index (κ1) is 22.3. The molecule has 2 heterocycles. The first-order chi connectivity index (χ1) is 14.5. The number of carbonyl (C=O) groups excluding carboxylic acids is 5. The molecule has 3 amide bonds. The molecule has 2 N–H and O–H groups in total. The van der Waals surface area contributed by atoms with Gasteiger partial charge in [0.05, 0.1) is 31.8 Å². The smallest absolute Gasteiger partial charge is 0.337 e. The van der Waals surface area contributed by atoms with E-state index < -0.39 is 41.2 Å². The number of amides is 3. The van der Waals surface area contributed by atoms with Crippen LogP contribution in [-0.4, -0.2) is 70.6 Å². The van der Waals surface area contributed by atoms with Crippen LogP contribution in [0.2, 0.25) is 0 Å². The Morgan fingerprint density at radius 2 is 1.65 bits per heavy atom. The normalized spacial score (nSPS) is 20.1. The number of esters is 2. The molecule has 1 aromatic rings. The van der Waals surface area contributed by atoms with Gasteiger partial charge in [-0.2, -0.15) is 5.01 Å². The van der Waals surface area contributed by atoms with Crippen LogP contribution in [0.3, 0.4) is 0 Å². The fraction of sp³-hybridized carbons (Fsp3) is 0.368. The molecule has 164 valence electrons. The second-order valence-corrected chi connectivity index (χ2v) is 7.75. The minimum atomic E-state index is -1.23. The highest BCUT2D eigenvalue weighted by atomic mass is 32.1. The molecule has 2 aliphatic rings. The first-order valence-corrected chi connectivity index (χ1v) is 9.52. The zero-order valence-corrected chi connectivity index (χ0v) is 18.0. The summed E-state index contributed by atoms with van der Waals surface area (Å²) in [6.45, 7) is 3.12. The van der Waals surface area contributed by atoms with E-state index in [-0.39, 0.29) is 28.3 Å². The topological polar surface area (TPSA) is 134 Å². The summed E-state index contributed by atoms with van der Waals surface area (Å²) in [5.41, 5.74) is -1.09. The Kier molecular flexibility index (Phi) is 5.79. The second-order valence-electron chi connectivity index (χ2n) is 7.36. The molecule has 0 radical (unpaired) electrons. The largest absolute Gasteiger partial charge is 0.465 e. The molecule has 2 fully saturated rings. The Labute approximate surface area is 182 Å². The van der Waals surface area contributed by atoms with Crippen LogP contribution in [0.15, 0.2) is 18.2 Å². The predicted molar refractivity (Wildman–Crippen MR) is 110 cm³/mol. The molecule has 1 unspecified atom stereocenters. The lowest BCUT2D eigenvalue weighted by Crippen LogP contribution is -2.71. The summed E-state index contributed by atoms with van der Waals surface area (Å²) in [6.07, 6.45) is -0.217. The molecular formula is C19H20N4O7S. The molecule has 31 heavy (non-hydrogen) atoms. The van der Waals surface area contributed by atoms with E-state index in [4.69, 9.17) is 12.2 Å². The number of hydrazine groups is 1. The summed E-state index contributed by atoms with van der Waals surface area (Å²) in [4.78, 5) is 61.9. The van der Waals surface area contributed by atoms with Crippen LogP contribution in [0.1, 0.15) is 41.0 Å². The Morgan fingerprint density at radius 3 is 2.16 bits per heavy atom. The molecule has 0 saturated carbocycles. The van der Waals surface area contributed by atoms with E-state index in [0.717, 1.165) is 5.01 Å². The van der Waals surface area contributed by atoms with Crippen molar-refractivity contribution in [2.75, 3.05) is 19.5 Å². The minimum Gasteiger partial charge on any atom is -0.465 e. The number of rotatable bonds is 4. The summed E-state index contributed by atoms with van der Waals surface area (Å²) in [6, 6.07) is 2.87. The molecule has 3 rings (SSSR count). The average molecular weight is 448 g/mol. The maximum absolute atomic E-state index is 13.1. The molecule has 2 saturated heterocycles. The van der Waals surface area contributed by atoms with Gasteiger partial charge in [0.25, 0.3) is 0 Å². The van der Waals surface area contributed by atoms with Gasteiger partial charge >= 0.3 is 11.9 Å². The third kappa shape index (κ3) is 3.86. The van der Waals surface area contributed by atoms with Crippen molar-refractivity contribution in [2.45, 2.75) is 31.8 Å². The van der Waals surface area contributed by atoms with Crippen LogP contribution in [0.5, 0.6) is 0 Å². The Morgan fingerprint density at radius 1 is 1.10 bits per heavy atom. The fourth-order valence-corrected chi connectivity index (χ4v) is 3.74. The quantitative estimate of drug-likeness (QED) is 0.490. The van der Waals surface area contributed by atoms with Crippen molar-refractivity contribution in [3.63, 3.8) is 0 Å². The van der Waals surface area contributed by atoms with Crippen molar-refractivity contribution >= 4 is 52.7 Å². The monoisotopic (exact) mass is 448 g/mol. The minimum absolute atomic E-state index is 0.0173. The van der Waals surface area contributed by atoms with Crippen molar-refractivity contribution in [3.8, 4) is 0 Å². The maximum atomic E-state index is 13.1. The standard InChI is InChI=1S/C19H20N4O7S/c1-19(2)17(28)21-18(31)22-13(24)8-12(23(19)22)14(25)20-11-6-9(15(26)29-3)5-10(7-11)16(27)30-4/h5-7,12H,8H2,1-4H3,(H,20,25)(H,21,28,31). The van der Waals surface area contributed by atoms with Gasteiger partial charge in [0.15, 0.2) is 5.11 Å². The fourth-order valence-electron chi connectivity index (χ4n) is 3.46. The summed E-state index contributed by atoms with van der Waals surface area (Å²) >= 11 is 5.08. The Bertz CT molecular complexity index is 988. The van der Waals surface area contributed by atoms with Crippen LogP contribution in [0, 0.1) is 0 Å². The molecule has 0 aliphatic carbocycles. The van der Waals surface area contributed by atoms with Gasteiger partial charge in [0.2, 0.25) is 17.7 Å².